The first-order valence-electron chi connectivity index (χ1n) is 4.17. The summed E-state index contributed by atoms with van der Waals surface area (Å²) in [7, 11) is 0. The zero-order valence-electron chi connectivity index (χ0n) is 7.90. The maximum atomic E-state index is 5.96. The molecule has 0 aliphatic heterocycles. The fraction of sp³-hybridized carbons (Fsp3) is 1.00. The Balaban J connectivity index is 3.63. The third kappa shape index (κ3) is 5.65. The average molecular weight is 336 g/mol. The van der Waals surface area contributed by atoms with Crippen LogP contribution in [0, 0.1) is 0 Å². The molecule has 0 heterocycles. The molecule has 60 valence electrons. The van der Waals surface area contributed by atoms with Crippen molar-refractivity contribution in [3.63, 3.8) is 0 Å². The van der Waals surface area contributed by atoms with Gasteiger partial charge in [0.15, 0.2) is 0 Å². The monoisotopic (exact) mass is 336 g/mol. The van der Waals surface area contributed by atoms with Gasteiger partial charge in [0.25, 0.3) is 0 Å². The van der Waals surface area contributed by atoms with Gasteiger partial charge < -0.3 is 0 Å². The van der Waals surface area contributed by atoms with Gasteiger partial charge in [0.1, 0.15) is 0 Å². The van der Waals surface area contributed by atoms with Crippen LogP contribution in [0.2, 0.25) is 7.96 Å². The molecule has 0 bridgehead atoms. The molecule has 0 aliphatic carbocycles. The summed E-state index contributed by atoms with van der Waals surface area (Å²) < 4.78 is 8.64. The Morgan fingerprint density at radius 3 is 1.60 bits per heavy atom. The molecule has 0 unspecified atom stereocenters. The quantitative estimate of drug-likeness (QED) is 0.721. The molecule has 10 heavy (non-hydrogen) atoms. The molecule has 2 heteroatoms. The molecule has 0 fully saturated rings. The maximum absolute atomic E-state index is 5.96. The topological polar surface area (TPSA) is 9.23 Å². The van der Waals surface area contributed by atoms with Gasteiger partial charge in [0, 0.05) is 0 Å². The zero-order valence-corrected chi connectivity index (χ0v) is 12.4. The van der Waals surface area contributed by atoms with Gasteiger partial charge in [0.2, 0.25) is 0 Å². The van der Waals surface area contributed by atoms with E-state index >= 15 is 0 Å². The van der Waals surface area contributed by atoms with Crippen molar-refractivity contribution < 1.29 is 2.69 Å². The van der Waals surface area contributed by atoms with Crippen molar-refractivity contribution in [1.82, 2.24) is 0 Å². The van der Waals surface area contributed by atoms with Gasteiger partial charge >= 0.3 is 74.0 Å². The fourth-order valence-electron chi connectivity index (χ4n) is 0.955. The summed E-state index contributed by atoms with van der Waals surface area (Å²) in [6.45, 7) is 11.0. The number of hydrogen-bond donors (Lipinski definition) is 0. The first-order valence-corrected chi connectivity index (χ1v) is 12.4. The molecule has 0 aromatic heterocycles. The van der Waals surface area contributed by atoms with Crippen molar-refractivity contribution in [2.45, 2.75) is 48.2 Å². The summed E-state index contributed by atoms with van der Waals surface area (Å²) in [6, 6.07) is 0. The molecule has 0 atom stereocenters. The van der Waals surface area contributed by atoms with E-state index < -0.39 is 23.2 Å². The number of rotatable bonds is 3. The van der Waals surface area contributed by atoms with Gasteiger partial charge in [-0.2, -0.15) is 0 Å². The fourth-order valence-corrected chi connectivity index (χ4v) is 8.38. The Morgan fingerprint density at radius 1 is 1.10 bits per heavy atom. The van der Waals surface area contributed by atoms with Crippen molar-refractivity contribution in [3.8, 4) is 0 Å². The van der Waals surface area contributed by atoms with Crippen molar-refractivity contribution >= 4 is 23.2 Å². The van der Waals surface area contributed by atoms with Crippen LogP contribution in [-0.4, -0.2) is 28.8 Å². The van der Waals surface area contributed by atoms with Crippen LogP contribution in [0.4, 0.5) is 0 Å². The molecule has 0 aliphatic rings. The second-order valence-electron chi connectivity index (χ2n) is 3.67. The third-order valence-electron chi connectivity index (χ3n) is 1.43. The minimum atomic E-state index is -1.57. The van der Waals surface area contributed by atoms with Crippen LogP contribution >= 0.6 is 0 Å². The third-order valence-corrected chi connectivity index (χ3v) is 12.6. The summed E-state index contributed by atoms with van der Waals surface area (Å²) in [5, 5.41) is 0. The van der Waals surface area contributed by atoms with E-state index in [1.165, 1.54) is 7.96 Å². The van der Waals surface area contributed by atoms with Crippen LogP contribution in [0.15, 0.2) is 0 Å². The summed E-state index contributed by atoms with van der Waals surface area (Å²) in [5.41, 5.74) is 0.123. The van der Waals surface area contributed by atoms with Crippen molar-refractivity contribution in [1.29, 1.82) is 0 Å². The normalized spacial score (nSPS) is 11.7. The van der Waals surface area contributed by atoms with Gasteiger partial charge in [-0.1, -0.05) is 0 Å². The molecule has 0 saturated carbocycles. The summed E-state index contributed by atoms with van der Waals surface area (Å²) in [5.74, 6) is 0. The molecule has 0 aromatic carbocycles. The molecular weight excluding hydrogens is 316 g/mol. The summed E-state index contributed by atoms with van der Waals surface area (Å²) in [6.07, 6.45) is 0. The van der Waals surface area contributed by atoms with Crippen LogP contribution in [0.5, 0.6) is 0 Å². The van der Waals surface area contributed by atoms with Crippen molar-refractivity contribution in [2.75, 3.05) is 0 Å². The van der Waals surface area contributed by atoms with E-state index in [1.807, 2.05) is 0 Å². The summed E-state index contributed by atoms with van der Waals surface area (Å²) >= 11 is -1.57. The second kappa shape index (κ2) is 4.70. The van der Waals surface area contributed by atoms with E-state index in [0.717, 1.165) is 0 Å². The second-order valence-corrected chi connectivity index (χ2v) is 15.8. The van der Waals surface area contributed by atoms with Gasteiger partial charge in [-0.05, 0) is 0 Å². The Bertz CT molecular complexity index is 81.7. The van der Waals surface area contributed by atoms with E-state index in [2.05, 4.69) is 34.6 Å². The predicted molar refractivity (Wildman–Crippen MR) is 47.6 cm³/mol. The van der Waals surface area contributed by atoms with Gasteiger partial charge in [-0.25, -0.2) is 0 Å². The molecule has 0 rings (SSSR count). The SMILES string of the molecule is C[CH2][Tl]([CH2]C)[O]C(C)(C)C. The van der Waals surface area contributed by atoms with Gasteiger partial charge in [0.05, 0.1) is 0 Å². The first-order chi connectivity index (χ1) is 4.49. The summed E-state index contributed by atoms with van der Waals surface area (Å²) in [4.78, 5) is 0. The zero-order chi connectivity index (χ0) is 8.20. The Morgan fingerprint density at radius 2 is 1.50 bits per heavy atom. The average Bonchev–Trinajstić information content (AvgIpc) is 1.81. The molecule has 0 aromatic rings. The van der Waals surface area contributed by atoms with Gasteiger partial charge in [-0.15, -0.1) is 0 Å². The van der Waals surface area contributed by atoms with Crippen LogP contribution in [0.3, 0.4) is 0 Å². The predicted octanol–water partition coefficient (Wildman–Crippen LogP) is 2.83. The van der Waals surface area contributed by atoms with Crippen LogP contribution < -0.4 is 0 Å². The van der Waals surface area contributed by atoms with Crippen LogP contribution in [0.1, 0.15) is 34.6 Å². The van der Waals surface area contributed by atoms with E-state index in [0.29, 0.717) is 0 Å². The van der Waals surface area contributed by atoms with Crippen molar-refractivity contribution in [3.05, 3.63) is 0 Å². The standard InChI is InChI=1S/C4H9O.2C2H5.Tl/c1-4(2,3)5;2*1-2;/h1-3H3;2*1H2,2H3;/q-1;;;+1. The van der Waals surface area contributed by atoms with E-state index in [9.17, 15) is 0 Å². The molecule has 0 radical (unpaired) electrons. The van der Waals surface area contributed by atoms with Gasteiger partial charge in [-0.3, -0.25) is 0 Å². The van der Waals surface area contributed by atoms with Crippen LogP contribution in [0.25, 0.3) is 0 Å². The molecule has 0 saturated heterocycles. The Kier molecular flexibility index (Phi) is 5.11. The molecular formula is C8H19OTl. The molecule has 0 N–H and O–H groups in total. The Labute approximate surface area is 73.9 Å². The van der Waals surface area contributed by atoms with Crippen molar-refractivity contribution in [2.24, 2.45) is 0 Å². The minimum absolute atomic E-state index is 0.123. The van der Waals surface area contributed by atoms with E-state index in [1.54, 1.807) is 0 Å². The van der Waals surface area contributed by atoms with Crippen LogP contribution in [-0.2, 0) is 2.69 Å². The number of hydrogen-bond acceptors (Lipinski definition) is 1. The molecule has 0 amide bonds. The molecule has 1 nitrogen and oxygen atoms in total. The molecule has 0 spiro atoms. The van der Waals surface area contributed by atoms with E-state index in [4.69, 9.17) is 2.69 Å². The Hall–Kier alpha value is 0.882. The van der Waals surface area contributed by atoms with E-state index in [-0.39, 0.29) is 5.60 Å². The first kappa shape index (κ1) is 10.9.